The van der Waals surface area contributed by atoms with Crippen molar-refractivity contribution in [2.24, 2.45) is 0 Å². The molecule has 0 fully saturated rings. The van der Waals surface area contributed by atoms with E-state index < -0.39 is 6.04 Å². The van der Waals surface area contributed by atoms with E-state index in [9.17, 15) is 9.59 Å². The summed E-state index contributed by atoms with van der Waals surface area (Å²) in [7, 11) is 0. The van der Waals surface area contributed by atoms with Gasteiger partial charge in [-0.15, -0.1) is 0 Å². The number of fused-ring (bicyclic) bond motifs is 2. The molecule has 9 nitrogen and oxygen atoms in total. The molecule has 27 heavy (non-hydrogen) atoms. The zero-order chi connectivity index (χ0) is 19.0. The van der Waals surface area contributed by atoms with Crippen LogP contribution in [0.15, 0.2) is 36.9 Å². The molecule has 0 spiro atoms. The molecule has 9 heteroatoms. The molecule has 1 unspecified atom stereocenters. The van der Waals surface area contributed by atoms with E-state index in [4.69, 9.17) is 5.73 Å². The fraction of sp³-hybridized carbons (Fsp3) is 0.278. The molecule has 3 N–H and O–H groups in total. The number of nitrogens with two attached hydrogens (primary N) is 1. The van der Waals surface area contributed by atoms with Crippen molar-refractivity contribution >= 4 is 34.5 Å². The van der Waals surface area contributed by atoms with Crippen LogP contribution in [0.5, 0.6) is 0 Å². The van der Waals surface area contributed by atoms with Gasteiger partial charge in [0.2, 0.25) is 11.8 Å². The minimum atomic E-state index is -0.553. The molecule has 1 aliphatic heterocycles. The van der Waals surface area contributed by atoms with Crippen LogP contribution in [0, 0.1) is 0 Å². The maximum Gasteiger partial charge on any atom is 0.246 e. The quantitative estimate of drug-likeness (QED) is 0.719. The topological polar surface area (TPSA) is 119 Å². The van der Waals surface area contributed by atoms with Gasteiger partial charge < -0.3 is 20.5 Å². The van der Waals surface area contributed by atoms with Crippen molar-refractivity contribution in [2.45, 2.75) is 32.5 Å². The number of hydrogen-bond donors (Lipinski definition) is 2. The van der Waals surface area contributed by atoms with Gasteiger partial charge in [-0.1, -0.05) is 18.2 Å². The second kappa shape index (κ2) is 6.67. The molecule has 1 atom stereocenters. The molecule has 0 aliphatic carbocycles. The van der Waals surface area contributed by atoms with E-state index in [1.165, 1.54) is 6.33 Å². The zero-order valence-electron chi connectivity index (χ0n) is 14.8. The first kappa shape index (κ1) is 17.0. The van der Waals surface area contributed by atoms with Crippen LogP contribution in [0.2, 0.25) is 0 Å². The Labute approximate surface area is 155 Å². The Hall–Kier alpha value is -3.49. The number of amides is 2. The SMILES string of the molecule is CC1C(=O)Nc2ccccc2CN1C(=O)CCn1cnc2c(N)ncnc21. The minimum absolute atomic E-state index is 0.113. The van der Waals surface area contributed by atoms with Crippen LogP contribution in [0.4, 0.5) is 11.5 Å². The third-order valence-electron chi connectivity index (χ3n) is 4.78. The molecule has 138 valence electrons. The van der Waals surface area contributed by atoms with Gasteiger partial charge in [0.25, 0.3) is 0 Å². The third-order valence-corrected chi connectivity index (χ3v) is 4.78. The van der Waals surface area contributed by atoms with Gasteiger partial charge in [0, 0.05) is 25.2 Å². The Balaban J connectivity index is 1.53. The maximum atomic E-state index is 12.9. The maximum absolute atomic E-state index is 12.9. The summed E-state index contributed by atoms with van der Waals surface area (Å²) in [5.74, 6) is -0.000351. The first-order chi connectivity index (χ1) is 13.0. The fourth-order valence-electron chi connectivity index (χ4n) is 3.21. The summed E-state index contributed by atoms with van der Waals surface area (Å²) in [4.78, 5) is 39.2. The number of anilines is 2. The van der Waals surface area contributed by atoms with Crippen molar-refractivity contribution in [2.75, 3.05) is 11.1 Å². The smallest absolute Gasteiger partial charge is 0.246 e. The highest BCUT2D eigenvalue weighted by atomic mass is 16.2. The largest absolute Gasteiger partial charge is 0.382 e. The summed E-state index contributed by atoms with van der Waals surface area (Å²) in [6, 6.07) is 6.96. The number of hydrogen-bond acceptors (Lipinski definition) is 6. The van der Waals surface area contributed by atoms with E-state index in [0.29, 0.717) is 30.1 Å². The lowest BCUT2D eigenvalue weighted by Gasteiger charge is -2.26. The lowest BCUT2D eigenvalue weighted by molar-refractivity contribution is -0.138. The van der Waals surface area contributed by atoms with E-state index in [1.807, 2.05) is 24.3 Å². The van der Waals surface area contributed by atoms with Gasteiger partial charge in [-0.05, 0) is 18.6 Å². The first-order valence-electron chi connectivity index (χ1n) is 8.64. The van der Waals surface area contributed by atoms with E-state index in [-0.39, 0.29) is 18.2 Å². The first-order valence-corrected chi connectivity index (χ1v) is 8.64. The van der Waals surface area contributed by atoms with Crippen LogP contribution in [0.25, 0.3) is 11.2 Å². The summed E-state index contributed by atoms with van der Waals surface area (Å²) in [5, 5.41) is 2.88. The predicted octanol–water partition coefficient (Wildman–Crippen LogP) is 1.17. The fourth-order valence-corrected chi connectivity index (χ4v) is 3.21. The van der Waals surface area contributed by atoms with Crippen LogP contribution in [-0.4, -0.2) is 42.3 Å². The number of aryl methyl sites for hydroxylation is 1. The molecule has 3 heterocycles. The molecule has 2 aromatic heterocycles. The molecule has 1 aromatic carbocycles. The van der Waals surface area contributed by atoms with Crippen LogP contribution >= 0.6 is 0 Å². The van der Waals surface area contributed by atoms with Gasteiger partial charge >= 0.3 is 0 Å². The van der Waals surface area contributed by atoms with E-state index in [0.717, 1.165) is 11.3 Å². The van der Waals surface area contributed by atoms with Crippen molar-refractivity contribution in [1.82, 2.24) is 24.4 Å². The summed E-state index contributed by atoms with van der Waals surface area (Å²) >= 11 is 0. The number of benzene rings is 1. The van der Waals surface area contributed by atoms with Crippen molar-refractivity contribution in [1.29, 1.82) is 0 Å². The molecular weight excluding hydrogens is 346 g/mol. The van der Waals surface area contributed by atoms with Gasteiger partial charge in [0.15, 0.2) is 11.5 Å². The second-order valence-corrected chi connectivity index (χ2v) is 6.46. The highest BCUT2D eigenvalue weighted by Crippen LogP contribution is 2.23. The van der Waals surface area contributed by atoms with Gasteiger partial charge in [0.1, 0.15) is 17.9 Å². The van der Waals surface area contributed by atoms with Crippen molar-refractivity contribution in [3.8, 4) is 0 Å². The summed E-state index contributed by atoms with van der Waals surface area (Å²) in [6.45, 7) is 2.51. The molecule has 0 saturated heterocycles. The molecule has 2 amide bonds. The standard InChI is InChI=1S/C18H19N7O2/c1-11-18(27)23-13-5-3-2-4-12(13)8-25(11)14(26)6-7-24-10-22-15-16(19)20-9-21-17(15)24/h2-5,9-11H,6-8H2,1H3,(H,23,27)(H2,19,20,21). The van der Waals surface area contributed by atoms with Gasteiger partial charge in [0.05, 0.1) is 6.33 Å². The number of nitrogen functional groups attached to an aromatic ring is 1. The van der Waals surface area contributed by atoms with Crippen molar-refractivity contribution in [3.63, 3.8) is 0 Å². The van der Waals surface area contributed by atoms with Crippen LogP contribution in [-0.2, 0) is 22.7 Å². The Kier molecular flexibility index (Phi) is 4.19. The number of nitrogens with one attached hydrogen (secondary N) is 1. The lowest BCUT2D eigenvalue weighted by Crippen LogP contribution is -2.43. The molecule has 0 bridgehead atoms. The Bertz CT molecular complexity index is 1030. The molecule has 1 aliphatic rings. The summed E-state index contributed by atoms with van der Waals surface area (Å²) < 4.78 is 1.77. The molecule has 4 rings (SSSR count). The average molecular weight is 365 g/mol. The van der Waals surface area contributed by atoms with Crippen molar-refractivity contribution < 1.29 is 9.59 Å². The van der Waals surface area contributed by atoms with E-state index in [2.05, 4.69) is 20.3 Å². The summed E-state index contributed by atoms with van der Waals surface area (Å²) in [5.41, 5.74) is 8.55. The van der Waals surface area contributed by atoms with Gasteiger partial charge in [-0.25, -0.2) is 15.0 Å². The average Bonchev–Trinajstić information content (AvgIpc) is 3.03. The van der Waals surface area contributed by atoms with Crippen LogP contribution in [0.3, 0.4) is 0 Å². The van der Waals surface area contributed by atoms with E-state index in [1.54, 1.807) is 22.7 Å². The normalized spacial score (nSPS) is 16.7. The number of aromatic nitrogens is 4. The number of para-hydroxylation sites is 1. The minimum Gasteiger partial charge on any atom is -0.382 e. The van der Waals surface area contributed by atoms with Crippen LogP contribution < -0.4 is 11.1 Å². The second-order valence-electron chi connectivity index (χ2n) is 6.46. The third kappa shape index (κ3) is 3.07. The zero-order valence-corrected chi connectivity index (χ0v) is 14.8. The number of imidazole rings is 1. The Morgan fingerprint density at radius 1 is 1.30 bits per heavy atom. The summed E-state index contributed by atoms with van der Waals surface area (Å²) in [6.07, 6.45) is 3.18. The molecule has 0 saturated carbocycles. The predicted molar refractivity (Wildman–Crippen MR) is 99.4 cm³/mol. The molecular formula is C18H19N7O2. The number of nitrogens with zero attached hydrogens (tertiary/aromatic N) is 5. The molecule has 3 aromatic rings. The lowest BCUT2D eigenvalue weighted by atomic mass is 10.1. The molecule has 0 radical (unpaired) electrons. The Morgan fingerprint density at radius 2 is 2.11 bits per heavy atom. The van der Waals surface area contributed by atoms with Crippen LogP contribution in [0.1, 0.15) is 18.9 Å². The van der Waals surface area contributed by atoms with Gasteiger partial charge in [-0.2, -0.15) is 0 Å². The monoisotopic (exact) mass is 365 g/mol. The highest BCUT2D eigenvalue weighted by molar-refractivity contribution is 5.98. The van der Waals surface area contributed by atoms with E-state index >= 15 is 0 Å². The highest BCUT2D eigenvalue weighted by Gasteiger charge is 2.29. The van der Waals surface area contributed by atoms with Gasteiger partial charge in [-0.3, -0.25) is 9.59 Å². The number of rotatable bonds is 3. The number of carbonyl (C=O) groups excluding carboxylic acids is 2. The van der Waals surface area contributed by atoms with Crippen molar-refractivity contribution in [3.05, 3.63) is 42.5 Å². The Morgan fingerprint density at radius 3 is 2.96 bits per heavy atom. The number of carbonyl (C=O) groups is 2.